The minimum absolute atomic E-state index is 0.539. The van der Waals surface area contributed by atoms with Gasteiger partial charge >= 0.3 is 0 Å². The number of hydrogen-bond acceptors (Lipinski definition) is 3. The summed E-state index contributed by atoms with van der Waals surface area (Å²) in [4.78, 5) is 0. The molecule has 84 valence electrons. The molecule has 1 aromatic carbocycles. The van der Waals surface area contributed by atoms with Crippen LogP contribution < -0.4 is 5.73 Å². The van der Waals surface area contributed by atoms with E-state index in [1.165, 1.54) is 0 Å². The first-order chi connectivity index (χ1) is 8.11. The van der Waals surface area contributed by atoms with E-state index in [-0.39, 0.29) is 0 Å². The standard InChI is InChI=1S/C7H6N2.C7H7N/c8-5-6-1-3-7(9)4-2-6;1-6-2-4-7(8)5-3-6/h1-4H,9H2;2-5,8H,1H2. The van der Waals surface area contributed by atoms with Crippen molar-refractivity contribution < 1.29 is 0 Å². The Hall–Kier alpha value is -2.60. The van der Waals surface area contributed by atoms with Crippen LogP contribution in [0.5, 0.6) is 0 Å². The molecule has 0 fully saturated rings. The Kier molecular flexibility index (Phi) is 4.46. The fraction of sp³-hybridized carbons (Fsp3) is 0. The maximum absolute atomic E-state index is 8.34. The lowest BCUT2D eigenvalue weighted by molar-refractivity contribution is 1.49. The molecule has 0 saturated heterocycles. The van der Waals surface area contributed by atoms with E-state index in [0.29, 0.717) is 17.0 Å². The van der Waals surface area contributed by atoms with E-state index in [2.05, 4.69) is 6.58 Å². The first kappa shape index (κ1) is 12.5. The average Bonchev–Trinajstić information content (AvgIpc) is 2.35. The minimum Gasteiger partial charge on any atom is -0.399 e. The van der Waals surface area contributed by atoms with Crippen molar-refractivity contribution in [2.45, 2.75) is 0 Å². The summed E-state index contributed by atoms with van der Waals surface area (Å²) in [5.41, 5.74) is 8.20. The highest BCUT2D eigenvalue weighted by Gasteiger charge is 1.89. The molecule has 1 aromatic rings. The van der Waals surface area contributed by atoms with Gasteiger partial charge in [-0.3, -0.25) is 0 Å². The molecule has 0 atom stereocenters. The molecule has 3 nitrogen and oxygen atoms in total. The zero-order valence-electron chi connectivity index (χ0n) is 9.35. The summed E-state index contributed by atoms with van der Waals surface area (Å²) in [7, 11) is 0. The van der Waals surface area contributed by atoms with E-state index in [4.69, 9.17) is 16.4 Å². The van der Waals surface area contributed by atoms with Crippen molar-refractivity contribution in [2.75, 3.05) is 5.73 Å². The number of benzene rings is 1. The van der Waals surface area contributed by atoms with Crippen molar-refractivity contribution in [1.29, 1.82) is 10.7 Å². The molecule has 0 aromatic heterocycles. The number of nitrogen functional groups attached to an aromatic ring is 1. The number of nitrogens with zero attached hydrogens (tertiary/aromatic N) is 1. The predicted octanol–water partition coefficient (Wildman–Crippen LogP) is 2.83. The molecule has 1 aliphatic carbocycles. The number of allylic oxidation sites excluding steroid dienone is 5. The van der Waals surface area contributed by atoms with E-state index in [1.807, 2.05) is 18.2 Å². The Labute approximate surface area is 101 Å². The molecule has 1 aliphatic rings. The van der Waals surface area contributed by atoms with Gasteiger partial charge in [0, 0.05) is 5.69 Å². The first-order valence-electron chi connectivity index (χ1n) is 5.01. The molecule has 0 spiro atoms. The Morgan fingerprint density at radius 1 is 1.06 bits per heavy atom. The van der Waals surface area contributed by atoms with Crippen LogP contribution in [0.3, 0.4) is 0 Å². The first-order valence-corrected chi connectivity index (χ1v) is 5.01. The third-order valence-corrected chi connectivity index (χ3v) is 1.99. The van der Waals surface area contributed by atoms with Gasteiger partial charge in [0.25, 0.3) is 0 Å². The van der Waals surface area contributed by atoms with Crippen molar-refractivity contribution in [2.24, 2.45) is 0 Å². The molecule has 3 heteroatoms. The molecule has 0 heterocycles. The summed E-state index contributed by atoms with van der Waals surface area (Å²) in [6, 6.07) is 8.79. The molecule has 3 N–H and O–H groups in total. The van der Waals surface area contributed by atoms with Gasteiger partial charge in [0.1, 0.15) is 0 Å². The van der Waals surface area contributed by atoms with Crippen LogP contribution in [-0.2, 0) is 0 Å². The predicted molar refractivity (Wildman–Crippen MR) is 70.7 cm³/mol. The van der Waals surface area contributed by atoms with Gasteiger partial charge in [-0.05, 0) is 42.0 Å². The van der Waals surface area contributed by atoms with Gasteiger partial charge in [-0.2, -0.15) is 5.26 Å². The normalized spacial score (nSPS) is 12.6. The molecule has 2 rings (SSSR count). The second kappa shape index (κ2) is 6.09. The number of anilines is 1. The van der Waals surface area contributed by atoms with Crippen LogP contribution in [0.25, 0.3) is 0 Å². The molecule has 0 saturated carbocycles. The largest absolute Gasteiger partial charge is 0.399 e. The van der Waals surface area contributed by atoms with Crippen LogP contribution in [0.4, 0.5) is 5.69 Å². The van der Waals surface area contributed by atoms with Crippen LogP contribution >= 0.6 is 0 Å². The third kappa shape index (κ3) is 4.63. The van der Waals surface area contributed by atoms with Gasteiger partial charge in [0.15, 0.2) is 0 Å². The van der Waals surface area contributed by atoms with Crippen molar-refractivity contribution in [3.8, 4) is 6.07 Å². The summed E-state index contributed by atoms with van der Waals surface area (Å²) in [6.07, 6.45) is 7.09. The van der Waals surface area contributed by atoms with Crippen LogP contribution in [-0.4, -0.2) is 5.71 Å². The topological polar surface area (TPSA) is 73.7 Å². The van der Waals surface area contributed by atoms with Crippen molar-refractivity contribution in [1.82, 2.24) is 0 Å². The summed E-state index contributed by atoms with van der Waals surface area (Å²) in [6.45, 7) is 3.68. The van der Waals surface area contributed by atoms with Gasteiger partial charge in [-0.25, -0.2) is 0 Å². The van der Waals surface area contributed by atoms with Crippen LogP contribution in [0.15, 0.2) is 60.7 Å². The minimum atomic E-state index is 0.539. The van der Waals surface area contributed by atoms with Crippen LogP contribution in [0.2, 0.25) is 0 Å². The van der Waals surface area contributed by atoms with Crippen LogP contribution in [0.1, 0.15) is 5.56 Å². The Morgan fingerprint density at radius 2 is 1.59 bits per heavy atom. The van der Waals surface area contributed by atoms with Gasteiger partial charge in [0.05, 0.1) is 17.3 Å². The Balaban J connectivity index is 0.000000171. The van der Waals surface area contributed by atoms with Crippen LogP contribution in [0, 0.1) is 16.7 Å². The molecule has 0 aliphatic heterocycles. The third-order valence-electron chi connectivity index (χ3n) is 1.99. The molecule has 0 radical (unpaired) electrons. The lowest BCUT2D eigenvalue weighted by Crippen LogP contribution is -1.88. The highest BCUT2D eigenvalue weighted by Crippen LogP contribution is 2.02. The molecule has 0 amide bonds. The quantitative estimate of drug-likeness (QED) is 0.664. The molecule has 0 unspecified atom stereocenters. The lowest BCUT2D eigenvalue weighted by Gasteiger charge is -1.95. The van der Waals surface area contributed by atoms with Crippen molar-refractivity contribution >= 4 is 11.4 Å². The zero-order valence-corrected chi connectivity index (χ0v) is 9.35. The number of nitriles is 1. The molecular formula is C14H13N3. The van der Waals surface area contributed by atoms with Gasteiger partial charge in [-0.1, -0.05) is 18.7 Å². The molecular weight excluding hydrogens is 210 g/mol. The van der Waals surface area contributed by atoms with E-state index in [0.717, 1.165) is 5.57 Å². The van der Waals surface area contributed by atoms with E-state index in [9.17, 15) is 0 Å². The van der Waals surface area contributed by atoms with Gasteiger partial charge in [0.2, 0.25) is 0 Å². The average molecular weight is 223 g/mol. The molecule has 0 bridgehead atoms. The highest BCUT2D eigenvalue weighted by molar-refractivity contribution is 6.03. The maximum Gasteiger partial charge on any atom is 0.0991 e. The monoisotopic (exact) mass is 223 g/mol. The number of hydrogen-bond donors (Lipinski definition) is 2. The zero-order chi connectivity index (χ0) is 12.7. The summed E-state index contributed by atoms with van der Waals surface area (Å²) in [5.74, 6) is 0. The number of nitrogens with two attached hydrogens (primary N) is 1. The molecule has 17 heavy (non-hydrogen) atoms. The fourth-order valence-electron chi connectivity index (χ4n) is 1.06. The van der Waals surface area contributed by atoms with Crippen molar-refractivity contribution in [3.63, 3.8) is 0 Å². The SMILES string of the molecule is C=C1C=CC(=N)C=C1.N#Cc1ccc(N)cc1. The summed E-state index contributed by atoms with van der Waals surface area (Å²) in [5, 5.41) is 15.4. The number of nitrogens with one attached hydrogen (secondary N) is 1. The second-order valence-electron chi connectivity index (χ2n) is 3.43. The van der Waals surface area contributed by atoms with Gasteiger partial charge < -0.3 is 11.1 Å². The lowest BCUT2D eigenvalue weighted by atomic mass is 10.1. The Bertz CT molecular complexity index is 475. The number of rotatable bonds is 0. The second-order valence-corrected chi connectivity index (χ2v) is 3.43. The maximum atomic E-state index is 8.34. The van der Waals surface area contributed by atoms with E-state index >= 15 is 0 Å². The van der Waals surface area contributed by atoms with Gasteiger partial charge in [-0.15, -0.1) is 0 Å². The smallest absolute Gasteiger partial charge is 0.0991 e. The summed E-state index contributed by atoms with van der Waals surface area (Å²) < 4.78 is 0. The fourth-order valence-corrected chi connectivity index (χ4v) is 1.06. The van der Waals surface area contributed by atoms with E-state index < -0.39 is 0 Å². The highest BCUT2D eigenvalue weighted by atomic mass is 14.5. The van der Waals surface area contributed by atoms with E-state index in [1.54, 1.807) is 36.4 Å². The summed E-state index contributed by atoms with van der Waals surface area (Å²) >= 11 is 0. The van der Waals surface area contributed by atoms with Crippen molar-refractivity contribution in [3.05, 3.63) is 66.3 Å². The Morgan fingerprint density at radius 3 is 2.00 bits per heavy atom.